The van der Waals surface area contributed by atoms with E-state index in [4.69, 9.17) is 5.21 Å². The van der Waals surface area contributed by atoms with Crippen LogP contribution in [0.2, 0.25) is 0 Å². The summed E-state index contributed by atoms with van der Waals surface area (Å²) in [7, 11) is 0. The number of hydroxylamine groups is 1. The number of unbranched alkanes of at least 4 members (excludes halogenated alkanes) is 29. The zero-order chi connectivity index (χ0) is 27.1. The zero-order valence-electron chi connectivity index (χ0n) is 25.1. The van der Waals surface area contributed by atoms with Gasteiger partial charge in [-0.05, 0) is 6.42 Å². The number of nitrogens with zero attached hydrogens (tertiary/aromatic N) is 1. The van der Waals surface area contributed by atoms with Crippen molar-refractivity contribution in [3.8, 4) is 0 Å². The lowest BCUT2D eigenvalue weighted by Crippen LogP contribution is -2.15. The second kappa shape index (κ2) is 32.4. The summed E-state index contributed by atoms with van der Waals surface area (Å²) >= 11 is 1.62. The van der Waals surface area contributed by atoms with E-state index in [1.165, 1.54) is 180 Å². The van der Waals surface area contributed by atoms with Gasteiger partial charge < -0.3 is 0 Å². The van der Waals surface area contributed by atoms with Gasteiger partial charge in [0.25, 0.3) is 5.91 Å². The van der Waals surface area contributed by atoms with Gasteiger partial charge in [0, 0.05) is 6.42 Å². The van der Waals surface area contributed by atoms with E-state index >= 15 is 0 Å². The molecule has 3 nitrogen and oxygen atoms in total. The summed E-state index contributed by atoms with van der Waals surface area (Å²) in [5, 5.41) is 9.00. The third kappa shape index (κ3) is 32.3. The van der Waals surface area contributed by atoms with Crippen molar-refractivity contribution in [1.29, 1.82) is 0 Å². The standard InChI is InChI=1S/C33H66INO2/c1-2-3-4-5-6-7-8-9-10-11-12-13-14-15-16-17-18-19-20-21-22-23-24-25-26-27-28-29-30-31-32-33(36)35(34)37/h37H,2-32H2,1H3. The Kier molecular flexibility index (Phi) is 32.5. The van der Waals surface area contributed by atoms with Crippen LogP contribution in [0.1, 0.15) is 206 Å². The van der Waals surface area contributed by atoms with E-state index in [1.54, 1.807) is 22.9 Å². The van der Waals surface area contributed by atoms with Crippen molar-refractivity contribution in [1.82, 2.24) is 3.28 Å². The third-order valence-corrected chi connectivity index (χ3v) is 8.49. The average Bonchev–Trinajstić information content (AvgIpc) is 2.89. The normalized spacial score (nSPS) is 11.3. The topological polar surface area (TPSA) is 40.5 Å². The number of hydrogen-bond acceptors (Lipinski definition) is 2. The summed E-state index contributed by atoms with van der Waals surface area (Å²) in [6, 6.07) is 0. The first-order valence-electron chi connectivity index (χ1n) is 16.9. The lowest BCUT2D eigenvalue weighted by atomic mass is 10.0. The van der Waals surface area contributed by atoms with Crippen molar-refractivity contribution in [3.63, 3.8) is 0 Å². The van der Waals surface area contributed by atoms with Crippen LogP contribution in [0.25, 0.3) is 0 Å². The van der Waals surface area contributed by atoms with Crippen LogP contribution in [0.15, 0.2) is 0 Å². The molecule has 0 saturated heterocycles. The predicted molar refractivity (Wildman–Crippen MR) is 171 cm³/mol. The Hall–Kier alpha value is 0.160. The van der Waals surface area contributed by atoms with Gasteiger partial charge in [0.05, 0.1) is 22.9 Å². The summed E-state index contributed by atoms with van der Waals surface area (Å²) in [6.07, 6.45) is 42.6. The first-order valence-corrected chi connectivity index (χ1v) is 17.8. The smallest absolute Gasteiger partial charge is 0.255 e. The number of amides is 1. The first kappa shape index (κ1) is 37.2. The van der Waals surface area contributed by atoms with Gasteiger partial charge in [-0.3, -0.25) is 10.0 Å². The molecule has 1 amide bonds. The molecule has 0 radical (unpaired) electrons. The minimum atomic E-state index is -0.180. The van der Waals surface area contributed by atoms with E-state index < -0.39 is 0 Å². The summed E-state index contributed by atoms with van der Waals surface area (Å²) in [5.41, 5.74) is 0. The van der Waals surface area contributed by atoms with Crippen molar-refractivity contribution in [3.05, 3.63) is 0 Å². The van der Waals surface area contributed by atoms with Crippen molar-refractivity contribution in [2.45, 2.75) is 206 Å². The minimum absolute atomic E-state index is 0.180. The lowest BCUT2D eigenvalue weighted by Gasteiger charge is -2.05. The van der Waals surface area contributed by atoms with Gasteiger partial charge >= 0.3 is 0 Å². The summed E-state index contributed by atoms with van der Waals surface area (Å²) in [4.78, 5) is 11.3. The predicted octanol–water partition coefficient (Wildman–Crippen LogP) is 12.7. The highest BCUT2D eigenvalue weighted by atomic mass is 127. The molecule has 0 aliphatic heterocycles. The summed E-state index contributed by atoms with van der Waals surface area (Å²) in [5.74, 6) is -0.180. The van der Waals surface area contributed by atoms with Gasteiger partial charge in [0.1, 0.15) is 0 Å². The maximum Gasteiger partial charge on any atom is 0.255 e. The molecular formula is C33H66INO2. The number of hydrogen-bond donors (Lipinski definition) is 1. The van der Waals surface area contributed by atoms with Crippen LogP contribution in [0.4, 0.5) is 0 Å². The van der Waals surface area contributed by atoms with Crippen LogP contribution in [0.3, 0.4) is 0 Å². The molecule has 222 valence electrons. The Morgan fingerprint density at radius 1 is 0.432 bits per heavy atom. The fourth-order valence-electron chi connectivity index (χ4n) is 5.39. The van der Waals surface area contributed by atoms with Crippen LogP contribution in [-0.4, -0.2) is 14.4 Å². The third-order valence-electron chi connectivity index (χ3n) is 7.95. The average molecular weight is 636 g/mol. The molecule has 0 aromatic carbocycles. The number of carbonyl (C=O) groups is 1. The molecule has 0 fully saturated rings. The Morgan fingerprint density at radius 3 is 0.811 bits per heavy atom. The quantitative estimate of drug-likeness (QED) is 0.0271. The van der Waals surface area contributed by atoms with Gasteiger partial charge in [-0.1, -0.05) is 193 Å². The van der Waals surface area contributed by atoms with E-state index in [2.05, 4.69) is 6.92 Å². The van der Waals surface area contributed by atoms with Gasteiger partial charge in [0.2, 0.25) is 0 Å². The van der Waals surface area contributed by atoms with E-state index in [0.29, 0.717) is 9.70 Å². The highest BCUT2D eigenvalue weighted by molar-refractivity contribution is 14.1. The molecule has 0 rings (SSSR count). The highest BCUT2D eigenvalue weighted by Gasteiger charge is 2.05. The molecule has 0 aromatic rings. The van der Waals surface area contributed by atoms with Crippen LogP contribution < -0.4 is 0 Å². The SMILES string of the molecule is CCCCCCCCCCCCCCCCCCCCCCCCCCCCCCCCC(=O)N(O)I. The first-order chi connectivity index (χ1) is 18.2. The fourth-order valence-corrected chi connectivity index (χ4v) is 5.63. The van der Waals surface area contributed by atoms with E-state index in [9.17, 15) is 4.79 Å². The molecule has 0 bridgehead atoms. The van der Waals surface area contributed by atoms with E-state index in [0.717, 1.165) is 12.8 Å². The second-order valence-corrected chi connectivity index (χ2v) is 12.6. The van der Waals surface area contributed by atoms with Crippen LogP contribution in [-0.2, 0) is 4.79 Å². The molecule has 0 spiro atoms. The monoisotopic (exact) mass is 635 g/mol. The van der Waals surface area contributed by atoms with E-state index in [-0.39, 0.29) is 5.91 Å². The summed E-state index contributed by atoms with van der Waals surface area (Å²) < 4.78 is 0.680. The Bertz CT molecular complexity index is 444. The maximum atomic E-state index is 11.3. The Balaban J connectivity index is 3.05. The van der Waals surface area contributed by atoms with Gasteiger partial charge in [0.15, 0.2) is 0 Å². The van der Waals surface area contributed by atoms with Crippen molar-refractivity contribution in [2.75, 3.05) is 0 Å². The maximum absolute atomic E-state index is 11.3. The molecule has 0 unspecified atom stereocenters. The Morgan fingerprint density at radius 2 is 0.622 bits per heavy atom. The van der Waals surface area contributed by atoms with Crippen LogP contribution >= 0.6 is 22.9 Å². The second-order valence-electron chi connectivity index (χ2n) is 11.7. The number of halogens is 1. The van der Waals surface area contributed by atoms with Crippen molar-refractivity contribution < 1.29 is 10.0 Å². The van der Waals surface area contributed by atoms with E-state index in [1.807, 2.05) is 0 Å². The van der Waals surface area contributed by atoms with Gasteiger partial charge in [-0.25, -0.2) is 0 Å². The van der Waals surface area contributed by atoms with Crippen LogP contribution in [0, 0.1) is 0 Å². The minimum Gasteiger partial charge on any atom is -0.276 e. The highest BCUT2D eigenvalue weighted by Crippen LogP contribution is 2.16. The largest absolute Gasteiger partial charge is 0.276 e. The van der Waals surface area contributed by atoms with Gasteiger partial charge in [-0.2, -0.15) is 3.28 Å². The molecular weight excluding hydrogens is 569 g/mol. The number of carbonyl (C=O) groups excluding carboxylic acids is 1. The van der Waals surface area contributed by atoms with Crippen LogP contribution in [0.5, 0.6) is 0 Å². The summed E-state index contributed by atoms with van der Waals surface area (Å²) in [6.45, 7) is 2.30. The molecule has 1 N–H and O–H groups in total. The molecule has 0 aromatic heterocycles. The molecule has 37 heavy (non-hydrogen) atoms. The Labute approximate surface area is 247 Å². The number of rotatable bonds is 31. The molecule has 4 heteroatoms. The lowest BCUT2D eigenvalue weighted by molar-refractivity contribution is -0.141. The molecule has 0 heterocycles. The molecule has 0 atom stereocenters. The molecule has 0 aliphatic carbocycles. The fraction of sp³-hybridized carbons (Fsp3) is 0.970. The zero-order valence-corrected chi connectivity index (χ0v) is 27.3. The van der Waals surface area contributed by atoms with Gasteiger partial charge in [-0.15, -0.1) is 0 Å². The van der Waals surface area contributed by atoms with Crippen molar-refractivity contribution in [2.24, 2.45) is 0 Å². The van der Waals surface area contributed by atoms with Crippen molar-refractivity contribution >= 4 is 28.8 Å². The molecule has 0 aliphatic rings. The molecule has 0 saturated carbocycles.